The fourth-order valence-electron chi connectivity index (χ4n) is 1.38. The van der Waals surface area contributed by atoms with Crippen LogP contribution in [-0.4, -0.2) is 15.2 Å². The van der Waals surface area contributed by atoms with Crippen molar-refractivity contribution < 1.29 is 0 Å². The van der Waals surface area contributed by atoms with Crippen molar-refractivity contribution in [2.45, 2.75) is 13.8 Å². The van der Waals surface area contributed by atoms with Gasteiger partial charge in [0, 0.05) is 11.8 Å². The largest absolute Gasteiger partial charge is 0.323 e. The van der Waals surface area contributed by atoms with E-state index < -0.39 is 0 Å². The van der Waals surface area contributed by atoms with Crippen molar-refractivity contribution in [2.24, 2.45) is 0 Å². The van der Waals surface area contributed by atoms with E-state index in [0.29, 0.717) is 17.3 Å². The summed E-state index contributed by atoms with van der Waals surface area (Å²) >= 11 is 5.88. The lowest BCUT2D eigenvalue weighted by atomic mass is 10.2. The molecule has 2 N–H and O–H groups in total. The van der Waals surface area contributed by atoms with Crippen molar-refractivity contribution in [2.75, 3.05) is 5.32 Å². The number of anilines is 2. The van der Waals surface area contributed by atoms with Crippen LogP contribution >= 0.6 is 11.6 Å². The minimum Gasteiger partial charge on any atom is -0.323 e. The molecule has 0 atom stereocenters. The Bertz CT molecular complexity index is 596. The van der Waals surface area contributed by atoms with E-state index in [1.807, 2.05) is 19.9 Å². The van der Waals surface area contributed by atoms with Gasteiger partial charge in [0.15, 0.2) is 5.82 Å². The Hall–Kier alpha value is -2.06. The maximum Gasteiger partial charge on any atom is 0.224 e. The van der Waals surface area contributed by atoms with E-state index in [-0.39, 0.29) is 5.15 Å². The average molecular weight is 248 g/mol. The first kappa shape index (κ1) is 11.4. The van der Waals surface area contributed by atoms with E-state index >= 15 is 0 Å². The maximum absolute atomic E-state index is 6.94. The summed E-state index contributed by atoms with van der Waals surface area (Å²) in [7, 11) is 0. The van der Waals surface area contributed by atoms with Gasteiger partial charge >= 0.3 is 0 Å². The predicted molar refractivity (Wildman–Crippen MR) is 66.9 cm³/mol. The van der Waals surface area contributed by atoms with Crippen LogP contribution in [0.25, 0.3) is 4.85 Å². The first-order valence-electron chi connectivity index (χ1n) is 4.94. The highest BCUT2D eigenvalue weighted by atomic mass is 35.5. The van der Waals surface area contributed by atoms with Gasteiger partial charge in [-0.05, 0) is 25.5 Å². The number of halogens is 1. The second kappa shape index (κ2) is 4.44. The normalized spacial score (nSPS) is 10.0. The van der Waals surface area contributed by atoms with Crippen molar-refractivity contribution >= 4 is 28.9 Å². The van der Waals surface area contributed by atoms with Crippen LogP contribution in [0.15, 0.2) is 12.1 Å². The van der Waals surface area contributed by atoms with Crippen molar-refractivity contribution in [3.8, 4) is 0 Å². The number of H-pyrrole nitrogens is 1. The van der Waals surface area contributed by atoms with Gasteiger partial charge in [0.2, 0.25) is 5.69 Å². The number of hydrogen-bond donors (Lipinski definition) is 2. The van der Waals surface area contributed by atoms with Gasteiger partial charge in [-0.2, -0.15) is 5.10 Å². The smallest absolute Gasteiger partial charge is 0.224 e. The van der Waals surface area contributed by atoms with Crippen LogP contribution in [0.1, 0.15) is 11.3 Å². The zero-order valence-electron chi connectivity index (χ0n) is 9.37. The molecule has 2 rings (SSSR count). The standard InChI is InChI=1S/C11H10ClN5/c1-6-4-8(13-3)10(12)15-11(6)14-9-5-7(2)16-17-9/h4-5H,1-2H3,(H2,14,15,16,17). The Balaban J connectivity index is 2.34. The van der Waals surface area contributed by atoms with Crippen LogP contribution in [0.2, 0.25) is 5.15 Å². The van der Waals surface area contributed by atoms with E-state index in [0.717, 1.165) is 11.3 Å². The molecular weight excluding hydrogens is 238 g/mol. The third-order valence-electron chi connectivity index (χ3n) is 2.22. The van der Waals surface area contributed by atoms with Gasteiger partial charge in [0.05, 0.1) is 6.57 Å². The van der Waals surface area contributed by atoms with Gasteiger partial charge in [-0.3, -0.25) is 5.10 Å². The van der Waals surface area contributed by atoms with Gasteiger partial charge in [-0.1, -0.05) is 11.6 Å². The van der Waals surface area contributed by atoms with Crippen LogP contribution in [0.3, 0.4) is 0 Å². The molecule has 0 aliphatic carbocycles. The number of pyridine rings is 1. The van der Waals surface area contributed by atoms with E-state index in [1.165, 1.54) is 0 Å². The Morgan fingerprint density at radius 3 is 2.76 bits per heavy atom. The number of nitrogens with zero attached hydrogens (tertiary/aromatic N) is 3. The number of aromatic nitrogens is 3. The average Bonchev–Trinajstić information content (AvgIpc) is 2.69. The fraction of sp³-hybridized carbons (Fsp3) is 0.182. The number of hydrogen-bond acceptors (Lipinski definition) is 3. The minimum absolute atomic E-state index is 0.195. The summed E-state index contributed by atoms with van der Waals surface area (Å²) in [6, 6.07) is 3.56. The zero-order chi connectivity index (χ0) is 12.4. The first-order valence-corrected chi connectivity index (χ1v) is 5.31. The van der Waals surface area contributed by atoms with Gasteiger partial charge in [-0.25, -0.2) is 9.83 Å². The summed E-state index contributed by atoms with van der Waals surface area (Å²) < 4.78 is 0. The van der Waals surface area contributed by atoms with E-state index in [1.54, 1.807) is 6.07 Å². The molecule has 0 aliphatic heterocycles. The topological polar surface area (TPSA) is 58.0 Å². The van der Waals surface area contributed by atoms with Crippen LogP contribution in [-0.2, 0) is 0 Å². The van der Waals surface area contributed by atoms with Crippen molar-refractivity contribution in [1.29, 1.82) is 0 Å². The second-order valence-electron chi connectivity index (χ2n) is 3.64. The fourth-order valence-corrected chi connectivity index (χ4v) is 1.57. The Kier molecular flexibility index (Phi) is 2.98. The molecule has 0 saturated carbocycles. The van der Waals surface area contributed by atoms with E-state index in [9.17, 15) is 0 Å². The quantitative estimate of drug-likeness (QED) is 0.632. The third-order valence-corrected chi connectivity index (χ3v) is 2.50. The molecule has 0 spiro atoms. The summed E-state index contributed by atoms with van der Waals surface area (Å²) in [4.78, 5) is 7.42. The van der Waals surface area contributed by atoms with Gasteiger partial charge in [-0.15, -0.1) is 0 Å². The SMILES string of the molecule is [C-]#[N+]c1cc(C)c(Nc2cc(C)[nH]n2)nc1Cl. The molecule has 0 aromatic carbocycles. The molecule has 0 radical (unpaired) electrons. The molecule has 17 heavy (non-hydrogen) atoms. The van der Waals surface area contributed by atoms with Crippen LogP contribution in [0.5, 0.6) is 0 Å². The molecule has 0 aliphatic rings. The summed E-state index contributed by atoms with van der Waals surface area (Å²) in [6.45, 7) is 10.7. The third kappa shape index (κ3) is 2.37. The number of aromatic amines is 1. The monoisotopic (exact) mass is 247 g/mol. The molecular formula is C11H10ClN5. The molecule has 86 valence electrons. The minimum atomic E-state index is 0.195. The van der Waals surface area contributed by atoms with E-state index in [2.05, 4.69) is 25.3 Å². The number of nitrogens with one attached hydrogen (secondary N) is 2. The predicted octanol–water partition coefficient (Wildman–Crippen LogP) is 3.37. The zero-order valence-corrected chi connectivity index (χ0v) is 10.1. The molecule has 0 fully saturated rings. The molecule has 2 aromatic heterocycles. The van der Waals surface area contributed by atoms with Gasteiger partial charge in [0.25, 0.3) is 0 Å². The number of rotatable bonds is 2. The lowest BCUT2D eigenvalue weighted by molar-refractivity contribution is 1.05. The molecule has 6 heteroatoms. The lowest BCUT2D eigenvalue weighted by Gasteiger charge is -2.07. The van der Waals surface area contributed by atoms with Crippen molar-refractivity contribution in [3.05, 3.63) is 40.0 Å². The molecule has 0 unspecified atom stereocenters. The van der Waals surface area contributed by atoms with Crippen LogP contribution in [0.4, 0.5) is 17.3 Å². The van der Waals surface area contributed by atoms with Crippen LogP contribution in [0, 0.1) is 20.4 Å². The highest BCUT2D eigenvalue weighted by molar-refractivity contribution is 6.32. The Morgan fingerprint density at radius 1 is 1.41 bits per heavy atom. The highest BCUT2D eigenvalue weighted by Gasteiger charge is 2.08. The second-order valence-corrected chi connectivity index (χ2v) is 3.99. The van der Waals surface area contributed by atoms with Gasteiger partial charge < -0.3 is 5.32 Å². The first-order chi connectivity index (χ1) is 8.10. The van der Waals surface area contributed by atoms with Crippen LogP contribution < -0.4 is 5.32 Å². The maximum atomic E-state index is 6.94. The molecule has 0 amide bonds. The van der Waals surface area contributed by atoms with Crippen molar-refractivity contribution in [1.82, 2.24) is 15.2 Å². The molecule has 2 aromatic rings. The summed E-state index contributed by atoms with van der Waals surface area (Å²) in [5, 5.41) is 10.1. The Labute approximate surface area is 104 Å². The molecule has 0 saturated heterocycles. The summed E-state index contributed by atoms with van der Waals surface area (Å²) in [6.07, 6.45) is 0. The van der Waals surface area contributed by atoms with E-state index in [4.69, 9.17) is 18.2 Å². The number of aryl methyl sites for hydroxylation is 2. The molecule has 0 bridgehead atoms. The van der Waals surface area contributed by atoms with Gasteiger partial charge in [0.1, 0.15) is 11.0 Å². The summed E-state index contributed by atoms with van der Waals surface area (Å²) in [5.74, 6) is 1.28. The van der Waals surface area contributed by atoms with Crippen molar-refractivity contribution in [3.63, 3.8) is 0 Å². The highest BCUT2D eigenvalue weighted by Crippen LogP contribution is 2.28. The Morgan fingerprint density at radius 2 is 2.18 bits per heavy atom. The molecule has 2 heterocycles. The lowest BCUT2D eigenvalue weighted by Crippen LogP contribution is -1.97. The summed E-state index contributed by atoms with van der Waals surface area (Å²) in [5.41, 5.74) is 2.16. The molecule has 5 nitrogen and oxygen atoms in total.